The Hall–Kier alpha value is -3.56. The Morgan fingerprint density at radius 2 is 1.50 bits per heavy atom. The summed E-state index contributed by atoms with van der Waals surface area (Å²) in [5.74, 6) is -1.57. The third-order valence-corrected chi connectivity index (χ3v) is 5.19. The molecule has 2 N–H and O–H groups in total. The molecular formula is C22H22F3N3O4. The number of amides is 3. The Bertz CT molecular complexity index is 1000. The molecule has 3 rings (SSSR count). The van der Waals surface area contributed by atoms with Crippen LogP contribution in [0.15, 0.2) is 48.5 Å². The molecule has 1 fully saturated rings. The molecule has 1 aliphatic rings. The van der Waals surface area contributed by atoms with Crippen molar-refractivity contribution in [1.29, 1.82) is 0 Å². The topological polar surface area (TPSA) is 89.9 Å². The second-order valence-electron chi connectivity index (χ2n) is 7.40. The number of carbonyl (C=O) groups is 3. The number of carbonyl (C=O) groups excluding carboxylic acids is 3. The number of phenols is 1. The average molecular weight is 449 g/mol. The van der Waals surface area contributed by atoms with Crippen molar-refractivity contribution in [3.63, 3.8) is 0 Å². The first kappa shape index (κ1) is 23.1. The quantitative estimate of drug-likeness (QED) is 0.751. The molecule has 0 radical (unpaired) electrons. The number of hydrogen-bond acceptors (Lipinski definition) is 4. The van der Waals surface area contributed by atoms with Gasteiger partial charge in [-0.3, -0.25) is 14.4 Å². The zero-order valence-corrected chi connectivity index (χ0v) is 17.2. The van der Waals surface area contributed by atoms with Gasteiger partial charge in [0, 0.05) is 31.7 Å². The largest absolute Gasteiger partial charge is 0.508 e. The van der Waals surface area contributed by atoms with Crippen LogP contribution >= 0.6 is 0 Å². The number of phenolic OH excluding ortho intramolecular Hbond substituents is 1. The smallest absolute Gasteiger partial charge is 0.417 e. The van der Waals surface area contributed by atoms with E-state index in [2.05, 4.69) is 5.32 Å². The molecule has 0 aliphatic carbocycles. The van der Waals surface area contributed by atoms with E-state index in [1.54, 1.807) is 0 Å². The number of halogens is 3. The highest BCUT2D eigenvalue weighted by Gasteiger charge is 2.36. The Balaban J connectivity index is 1.58. The maximum atomic E-state index is 13.2. The zero-order valence-electron chi connectivity index (χ0n) is 17.2. The van der Waals surface area contributed by atoms with E-state index in [-0.39, 0.29) is 43.4 Å². The van der Waals surface area contributed by atoms with Gasteiger partial charge in [0.1, 0.15) is 11.8 Å². The van der Waals surface area contributed by atoms with Crippen LogP contribution in [0.4, 0.5) is 13.2 Å². The van der Waals surface area contributed by atoms with Crippen LogP contribution in [0.3, 0.4) is 0 Å². The standard InChI is InChI=1S/C22H22F3N3O4/c1-14(26-19(30)15-6-8-16(29)9-7-15)20(31)27-10-12-28(13-11-27)21(32)17-4-2-3-5-18(17)22(23,24)25/h2-9,14,29H,10-13H2,1H3,(H,26,30). The third kappa shape index (κ3) is 5.19. The summed E-state index contributed by atoms with van der Waals surface area (Å²) in [7, 11) is 0. The summed E-state index contributed by atoms with van der Waals surface area (Å²) in [6, 6.07) is 9.32. The van der Waals surface area contributed by atoms with E-state index in [4.69, 9.17) is 0 Å². The molecule has 3 amide bonds. The van der Waals surface area contributed by atoms with Gasteiger partial charge in [0.25, 0.3) is 11.8 Å². The maximum Gasteiger partial charge on any atom is 0.417 e. The van der Waals surface area contributed by atoms with E-state index in [0.717, 1.165) is 12.1 Å². The van der Waals surface area contributed by atoms with Gasteiger partial charge in [-0.15, -0.1) is 0 Å². The number of nitrogens with one attached hydrogen (secondary N) is 1. The Morgan fingerprint density at radius 3 is 2.09 bits per heavy atom. The fourth-order valence-electron chi connectivity index (χ4n) is 3.45. The summed E-state index contributed by atoms with van der Waals surface area (Å²) in [5, 5.41) is 11.9. The van der Waals surface area contributed by atoms with Gasteiger partial charge in [0.05, 0.1) is 11.1 Å². The number of rotatable bonds is 4. The van der Waals surface area contributed by atoms with Crippen molar-refractivity contribution in [1.82, 2.24) is 15.1 Å². The molecule has 0 spiro atoms. The van der Waals surface area contributed by atoms with Crippen LogP contribution in [0, 0.1) is 0 Å². The molecule has 1 unspecified atom stereocenters. The second kappa shape index (κ2) is 9.29. The minimum Gasteiger partial charge on any atom is -0.508 e. The van der Waals surface area contributed by atoms with Crippen LogP contribution < -0.4 is 5.32 Å². The van der Waals surface area contributed by atoms with Gasteiger partial charge in [-0.25, -0.2) is 0 Å². The van der Waals surface area contributed by atoms with E-state index in [9.17, 15) is 32.7 Å². The molecule has 32 heavy (non-hydrogen) atoms. The highest BCUT2D eigenvalue weighted by molar-refractivity contribution is 5.98. The first-order chi connectivity index (χ1) is 15.1. The van der Waals surface area contributed by atoms with Crippen molar-refractivity contribution in [3.8, 4) is 5.75 Å². The SMILES string of the molecule is CC(NC(=O)c1ccc(O)cc1)C(=O)N1CCN(C(=O)c2ccccc2C(F)(F)F)CC1. The monoisotopic (exact) mass is 449 g/mol. The first-order valence-corrected chi connectivity index (χ1v) is 9.92. The molecule has 0 saturated carbocycles. The summed E-state index contributed by atoms with van der Waals surface area (Å²) in [6.45, 7) is 1.96. The van der Waals surface area contributed by atoms with Gasteiger partial charge < -0.3 is 20.2 Å². The molecule has 7 nitrogen and oxygen atoms in total. The predicted octanol–water partition coefficient (Wildman–Crippen LogP) is 2.51. The van der Waals surface area contributed by atoms with Crippen LogP contribution in [-0.2, 0) is 11.0 Å². The zero-order chi connectivity index (χ0) is 23.5. The number of piperazine rings is 1. The molecule has 1 aliphatic heterocycles. The van der Waals surface area contributed by atoms with Crippen LogP contribution in [0.1, 0.15) is 33.2 Å². The predicted molar refractivity (Wildman–Crippen MR) is 109 cm³/mol. The fourth-order valence-corrected chi connectivity index (χ4v) is 3.45. The number of benzene rings is 2. The van der Waals surface area contributed by atoms with Crippen molar-refractivity contribution in [3.05, 3.63) is 65.2 Å². The minimum atomic E-state index is -4.64. The van der Waals surface area contributed by atoms with E-state index in [1.165, 1.54) is 53.1 Å². The minimum absolute atomic E-state index is 0.0101. The summed E-state index contributed by atoms with van der Waals surface area (Å²) < 4.78 is 39.6. The van der Waals surface area contributed by atoms with Crippen LogP contribution in [0.2, 0.25) is 0 Å². The van der Waals surface area contributed by atoms with Crippen molar-refractivity contribution in [2.24, 2.45) is 0 Å². The van der Waals surface area contributed by atoms with E-state index < -0.39 is 35.2 Å². The molecular weight excluding hydrogens is 427 g/mol. The molecule has 1 saturated heterocycles. The van der Waals surface area contributed by atoms with Gasteiger partial charge in [0.15, 0.2) is 0 Å². The molecule has 0 aromatic heterocycles. The van der Waals surface area contributed by atoms with Crippen molar-refractivity contribution < 1.29 is 32.7 Å². The lowest BCUT2D eigenvalue weighted by molar-refractivity contribution is -0.138. The molecule has 2 aromatic rings. The van der Waals surface area contributed by atoms with Gasteiger partial charge >= 0.3 is 6.18 Å². The second-order valence-corrected chi connectivity index (χ2v) is 7.40. The number of alkyl halides is 3. The van der Waals surface area contributed by atoms with Crippen LogP contribution in [0.25, 0.3) is 0 Å². The highest BCUT2D eigenvalue weighted by Crippen LogP contribution is 2.32. The third-order valence-electron chi connectivity index (χ3n) is 5.19. The van der Waals surface area contributed by atoms with Gasteiger partial charge in [-0.2, -0.15) is 13.2 Å². The first-order valence-electron chi connectivity index (χ1n) is 9.92. The number of hydrogen-bond donors (Lipinski definition) is 2. The summed E-state index contributed by atoms with van der Waals surface area (Å²) in [5.41, 5.74) is -1.13. The van der Waals surface area contributed by atoms with Crippen LogP contribution in [-0.4, -0.2) is 64.8 Å². The molecule has 1 heterocycles. The van der Waals surface area contributed by atoms with Gasteiger partial charge in [0.2, 0.25) is 5.91 Å². The summed E-state index contributed by atoms with van der Waals surface area (Å²) in [4.78, 5) is 40.3. The summed E-state index contributed by atoms with van der Waals surface area (Å²) >= 11 is 0. The van der Waals surface area contributed by atoms with Crippen molar-refractivity contribution >= 4 is 17.7 Å². The van der Waals surface area contributed by atoms with E-state index in [0.29, 0.717) is 0 Å². The maximum absolute atomic E-state index is 13.2. The summed E-state index contributed by atoms with van der Waals surface area (Å²) in [6.07, 6.45) is -4.64. The van der Waals surface area contributed by atoms with Gasteiger partial charge in [-0.1, -0.05) is 12.1 Å². The fraction of sp³-hybridized carbons (Fsp3) is 0.318. The van der Waals surface area contributed by atoms with E-state index in [1.807, 2.05) is 0 Å². The Labute approximate surface area is 182 Å². The lowest BCUT2D eigenvalue weighted by Crippen LogP contribution is -2.55. The highest BCUT2D eigenvalue weighted by atomic mass is 19.4. The normalized spacial score (nSPS) is 15.2. The number of aromatic hydroxyl groups is 1. The van der Waals surface area contributed by atoms with Gasteiger partial charge in [-0.05, 0) is 43.3 Å². The van der Waals surface area contributed by atoms with Crippen molar-refractivity contribution in [2.75, 3.05) is 26.2 Å². The van der Waals surface area contributed by atoms with Crippen LogP contribution in [0.5, 0.6) is 5.75 Å². The molecule has 2 aromatic carbocycles. The molecule has 10 heteroatoms. The lowest BCUT2D eigenvalue weighted by Gasteiger charge is -2.36. The van der Waals surface area contributed by atoms with Crippen molar-refractivity contribution in [2.45, 2.75) is 19.1 Å². The Morgan fingerprint density at radius 1 is 0.938 bits per heavy atom. The number of nitrogens with zero attached hydrogens (tertiary/aromatic N) is 2. The van der Waals surface area contributed by atoms with E-state index >= 15 is 0 Å². The Kier molecular flexibility index (Phi) is 6.71. The molecule has 1 atom stereocenters. The molecule has 0 bridgehead atoms. The lowest BCUT2D eigenvalue weighted by atomic mass is 10.1. The molecule has 170 valence electrons. The average Bonchev–Trinajstić information content (AvgIpc) is 2.78.